The normalized spacial score (nSPS) is 23.7. The Morgan fingerprint density at radius 2 is 2.31 bits per heavy atom. The molecule has 4 nitrogen and oxygen atoms in total. The molecule has 0 bridgehead atoms. The third kappa shape index (κ3) is 1.62. The molecule has 16 heavy (non-hydrogen) atoms. The highest BCUT2D eigenvalue weighted by Crippen LogP contribution is 2.28. The largest absolute Gasteiger partial charge is 0.370 e. The van der Waals surface area contributed by atoms with Gasteiger partial charge in [0.1, 0.15) is 6.10 Å². The van der Waals surface area contributed by atoms with Crippen molar-refractivity contribution in [2.75, 3.05) is 6.61 Å². The average Bonchev–Trinajstić information content (AvgIpc) is 2.97. The molecule has 2 aliphatic heterocycles. The molecule has 3 heterocycles. The van der Waals surface area contributed by atoms with Crippen molar-refractivity contribution >= 4 is 0 Å². The summed E-state index contributed by atoms with van der Waals surface area (Å²) < 4.78 is 5.65. The smallest absolute Gasteiger partial charge is 0.157 e. The summed E-state index contributed by atoms with van der Waals surface area (Å²) in [5, 5.41) is 3.34. The molecule has 1 N–H and O–H groups in total. The zero-order valence-corrected chi connectivity index (χ0v) is 9.62. The Morgan fingerprint density at radius 3 is 3.06 bits per heavy atom. The highest BCUT2D eigenvalue weighted by atomic mass is 16.5. The number of aromatic nitrogens is 2. The van der Waals surface area contributed by atoms with Crippen LogP contribution >= 0.6 is 0 Å². The van der Waals surface area contributed by atoms with Gasteiger partial charge in [-0.15, -0.1) is 0 Å². The highest BCUT2D eigenvalue weighted by Gasteiger charge is 2.24. The molecule has 1 fully saturated rings. The lowest BCUT2D eigenvalue weighted by Crippen LogP contribution is -2.09. The van der Waals surface area contributed by atoms with Crippen LogP contribution in [0.2, 0.25) is 0 Å². The van der Waals surface area contributed by atoms with E-state index in [1.165, 1.54) is 17.0 Å². The summed E-state index contributed by atoms with van der Waals surface area (Å²) in [5.41, 5.74) is 3.68. The molecule has 0 aliphatic carbocycles. The maximum absolute atomic E-state index is 5.65. The van der Waals surface area contributed by atoms with Crippen LogP contribution in [0.4, 0.5) is 0 Å². The van der Waals surface area contributed by atoms with Gasteiger partial charge < -0.3 is 10.1 Å². The molecular formula is C12H17N3O. The van der Waals surface area contributed by atoms with Gasteiger partial charge in [-0.25, -0.2) is 9.97 Å². The zero-order chi connectivity index (χ0) is 11.0. The third-order valence-electron chi connectivity index (χ3n) is 3.34. The average molecular weight is 219 g/mol. The van der Waals surface area contributed by atoms with Crippen LogP contribution < -0.4 is 5.32 Å². The molecule has 1 aromatic heterocycles. The molecule has 1 aromatic rings. The second-order valence-electron chi connectivity index (χ2n) is 4.41. The van der Waals surface area contributed by atoms with E-state index in [2.05, 4.69) is 22.2 Å². The van der Waals surface area contributed by atoms with Crippen molar-refractivity contribution in [2.45, 2.75) is 45.4 Å². The lowest BCUT2D eigenvalue weighted by atomic mass is 10.1. The van der Waals surface area contributed by atoms with Gasteiger partial charge in [0.05, 0.1) is 5.69 Å². The Morgan fingerprint density at radius 1 is 1.38 bits per heavy atom. The molecule has 0 aromatic carbocycles. The first-order chi connectivity index (χ1) is 7.88. The maximum atomic E-state index is 5.65. The molecule has 4 heteroatoms. The van der Waals surface area contributed by atoms with E-state index in [-0.39, 0.29) is 6.10 Å². The first kappa shape index (κ1) is 10.2. The Balaban J connectivity index is 2.00. The van der Waals surface area contributed by atoms with E-state index in [9.17, 15) is 0 Å². The summed E-state index contributed by atoms with van der Waals surface area (Å²) in [6.07, 6.45) is 3.31. The van der Waals surface area contributed by atoms with Crippen LogP contribution in [-0.2, 0) is 24.2 Å². The van der Waals surface area contributed by atoms with Gasteiger partial charge in [0.15, 0.2) is 5.82 Å². The van der Waals surface area contributed by atoms with Gasteiger partial charge >= 0.3 is 0 Å². The molecule has 3 rings (SSSR count). The summed E-state index contributed by atoms with van der Waals surface area (Å²) >= 11 is 0. The number of nitrogens with one attached hydrogen (secondary N) is 1. The van der Waals surface area contributed by atoms with Gasteiger partial charge in [0, 0.05) is 31.0 Å². The van der Waals surface area contributed by atoms with Gasteiger partial charge in [-0.05, 0) is 19.3 Å². The third-order valence-corrected chi connectivity index (χ3v) is 3.34. The SMILES string of the molecule is CCc1nc(C2CCCO2)nc2c1CNC2. The Hall–Kier alpha value is -1.00. The Kier molecular flexibility index (Phi) is 2.61. The van der Waals surface area contributed by atoms with E-state index in [1.54, 1.807) is 0 Å². The predicted octanol–water partition coefficient (Wildman–Crippen LogP) is 1.49. The molecule has 0 spiro atoms. The number of hydrogen-bond acceptors (Lipinski definition) is 4. The van der Waals surface area contributed by atoms with Gasteiger partial charge in [-0.1, -0.05) is 6.92 Å². The van der Waals surface area contributed by atoms with Gasteiger partial charge in [0.25, 0.3) is 0 Å². The number of rotatable bonds is 2. The summed E-state index contributed by atoms with van der Waals surface area (Å²) in [6, 6.07) is 0. The highest BCUT2D eigenvalue weighted by molar-refractivity contribution is 5.29. The van der Waals surface area contributed by atoms with Crippen LogP contribution in [-0.4, -0.2) is 16.6 Å². The van der Waals surface area contributed by atoms with Crippen molar-refractivity contribution < 1.29 is 4.74 Å². The lowest BCUT2D eigenvalue weighted by molar-refractivity contribution is 0.104. The van der Waals surface area contributed by atoms with Crippen molar-refractivity contribution in [1.29, 1.82) is 0 Å². The van der Waals surface area contributed by atoms with Crippen molar-refractivity contribution in [2.24, 2.45) is 0 Å². The Bertz CT molecular complexity index is 399. The summed E-state index contributed by atoms with van der Waals surface area (Å²) in [4.78, 5) is 9.31. The second-order valence-corrected chi connectivity index (χ2v) is 4.41. The molecule has 0 saturated carbocycles. The minimum Gasteiger partial charge on any atom is -0.370 e. The van der Waals surface area contributed by atoms with Crippen LogP contribution in [0.3, 0.4) is 0 Å². The van der Waals surface area contributed by atoms with E-state index in [0.717, 1.165) is 44.8 Å². The molecule has 86 valence electrons. The first-order valence-electron chi connectivity index (χ1n) is 6.09. The number of fused-ring (bicyclic) bond motifs is 1. The summed E-state index contributed by atoms with van der Waals surface area (Å²) in [6.45, 7) is 4.81. The molecule has 1 unspecified atom stereocenters. The van der Waals surface area contributed by atoms with Crippen molar-refractivity contribution in [3.8, 4) is 0 Å². The molecule has 2 aliphatic rings. The van der Waals surface area contributed by atoms with Crippen LogP contribution in [0, 0.1) is 0 Å². The fourth-order valence-corrected chi connectivity index (χ4v) is 2.48. The minimum absolute atomic E-state index is 0.135. The maximum Gasteiger partial charge on any atom is 0.157 e. The minimum atomic E-state index is 0.135. The van der Waals surface area contributed by atoms with Crippen LogP contribution in [0.5, 0.6) is 0 Å². The van der Waals surface area contributed by atoms with Crippen molar-refractivity contribution in [1.82, 2.24) is 15.3 Å². The van der Waals surface area contributed by atoms with E-state index < -0.39 is 0 Å². The monoisotopic (exact) mass is 219 g/mol. The van der Waals surface area contributed by atoms with E-state index in [4.69, 9.17) is 4.74 Å². The molecule has 1 atom stereocenters. The Labute approximate surface area is 95.4 Å². The lowest BCUT2D eigenvalue weighted by Gasteiger charge is -2.12. The van der Waals surface area contributed by atoms with Crippen LogP contribution in [0.25, 0.3) is 0 Å². The second kappa shape index (κ2) is 4.11. The zero-order valence-electron chi connectivity index (χ0n) is 9.62. The topological polar surface area (TPSA) is 47.0 Å². The quantitative estimate of drug-likeness (QED) is 0.818. The standard InChI is InChI=1S/C12H17N3O/c1-2-9-8-6-13-7-10(8)15-12(14-9)11-4-3-5-16-11/h11,13H,2-7H2,1H3. The number of aryl methyl sites for hydroxylation is 1. The number of nitrogens with zero attached hydrogens (tertiary/aromatic N) is 2. The van der Waals surface area contributed by atoms with E-state index in [0.29, 0.717) is 0 Å². The van der Waals surface area contributed by atoms with E-state index >= 15 is 0 Å². The fraction of sp³-hybridized carbons (Fsp3) is 0.667. The fourth-order valence-electron chi connectivity index (χ4n) is 2.48. The van der Waals surface area contributed by atoms with Crippen LogP contribution in [0.1, 0.15) is 48.6 Å². The van der Waals surface area contributed by atoms with Gasteiger partial charge in [-0.2, -0.15) is 0 Å². The first-order valence-corrected chi connectivity index (χ1v) is 6.09. The van der Waals surface area contributed by atoms with Crippen molar-refractivity contribution in [3.63, 3.8) is 0 Å². The van der Waals surface area contributed by atoms with Crippen LogP contribution in [0.15, 0.2) is 0 Å². The summed E-state index contributed by atoms with van der Waals surface area (Å²) in [7, 11) is 0. The van der Waals surface area contributed by atoms with E-state index in [1.807, 2.05) is 0 Å². The molecule has 0 amide bonds. The molecule has 0 radical (unpaired) electrons. The van der Waals surface area contributed by atoms with Gasteiger partial charge in [0.2, 0.25) is 0 Å². The number of ether oxygens (including phenoxy) is 1. The van der Waals surface area contributed by atoms with Crippen molar-refractivity contribution in [3.05, 3.63) is 22.8 Å². The molecular weight excluding hydrogens is 202 g/mol. The summed E-state index contributed by atoms with van der Waals surface area (Å²) in [5.74, 6) is 0.900. The van der Waals surface area contributed by atoms with Gasteiger partial charge in [-0.3, -0.25) is 0 Å². The molecule has 1 saturated heterocycles. The predicted molar refractivity (Wildman–Crippen MR) is 59.9 cm³/mol. The number of hydrogen-bond donors (Lipinski definition) is 1.